The normalized spacial score (nSPS) is 25.2. The molecule has 3 heteroatoms. The summed E-state index contributed by atoms with van der Waals surface area (Å²) in [5.74, 6) is 0.496. The summed E-state index contributed by atoms with van der Waals surface area (Å²) in [5.41, 5.74) is 0. The number of ether oxygens (including phenoxy) is 1. The van der Waals surface area contributed by atoms with E-state index in [1.807, 2.05) is 6.07 Å². The first-order valence-corrected chi connectivity index (χ1v) is 7.70. The first kappa shape index (κ1) is 11.7. The van der Waals surface area contributed by atoms with Gasteiger partial charge in [0.1, 0.15) is 0 Å². The van der Waals surface area contributed by atoms with Crippen molar-refractivity contribution in [1.82, 2.24) is 0 Å². The van der Waals surface area contributed by atoms with Crippen LogP contribution in [0.2, 0.25) is 5.32 Å². The molecule has 0 bridgehead atoms. The Balaban J connectivity index is 1.87. The predicted octanol–water partition coefficient (Wildman–Crippen LogP) is 1.78. The second kappa shape index (κ2) is 5.51. The Bertz CT molecular complexity index is 350. The van der Waals surface area contributed by atoms with Gasteiger partial charge in [-0.1, -0.05) is 0 Å². The second-order valence-electron chi connectivity index (χ2n) is 4.17. The van der Waals surface area contributed by atoms with Crippen LogP contribution >= 0.6 is 0 Å². The van der Waals surface area contributed by atoms with Crippen LogP contribution in [0.1, 0.15) is 19.8 Å². The quantitative estimate of drug-likeness (QED) is 0.624. The summed E-state index contributed by atoms with van der Waals surface area (Å²) in [4.78, 5) is 11.2. The third-order valence-corrected chi connectivity index (χ3v) is 5.19. The monoisotopic (exact) mass is 284 g/mol. The number of carbonyl (C=O) groups is 1. The van der Waals surface area contributed by atoms with E-state index in [0.29, 0.717) is 27.3 Å². The molecule has 1 saturated heterocycles. The molecule has 0 spiro atoms. The Morgan fingerprint density at radius 1 is 1.38 bits per heavy atom. The van der Waals surface area contributed by atoms with E-state index in [2.05, 4.69) is 31.2 Å². The van der Waals surface area contributed by atoms with Crippen LogP contribution in [-0.4, -0.2) is 27.0 Å². The van der Waals surface area contributed by atoms with Gasteiger partial charge in [0.15, 0.2) is 0 Å². The van der Waals surface area contributed by atoms with E-state index in [4.69, 9.17) is 4.74 Å². The van der Waals surface area contributed by atoms with Gasteiger partial charge in [-0.15, -0.1) is 0 Å². The van der Waals surface area contributed by atoms with Crippen LogP contribution in [-0.2, 0) is 9.53 Å². The number of cyclic esters (lactones) is 1. The first-order chi connectivity index (χ1) is 7.75. The molecule has 2 atom stereocenters. The molecule has 0 aromatic heterocycles. The predicted molar refractivity (Wildman–Crippen MR) is 64.9 cm³/mol. The fourth-order valence-electron chi connectivity index (χ4n) is 1.77. The van der Waals surface area contributed by atoms with Crippen molar-refractivity contribution >= 4 is 25.4 Å². The molecule has 0 saturated carbocycles. The van der Waals surface area contributed by atoms with Crippen LogP contribution in [0.25, 0.3) is 0 Å². The molecule has 16 heavy (non-hydrogen) atoms. The summed E-state index contributed by atoms with van der Waals surface area (Å²) in [6, 6.07) is 10.5. The number of hydrogen-bond acceptors (Lipinski definition) is 2. The molecule has 0 aliphatic carbocycles. The SMILES string of the molecule is C[C@H]1CCC(=O)O[C@@H]1C[Se]c1ccccc1. The fourth-order valence-corrected chi connectivity index (χ4v) is 4.08. The van der Waals surface area contributed by atoms with E-state index in [1.165, 1.54) is 4.46 Å². The van der Waals surface area contributed by atoms with E-state index in [0.717, 1.165) is 11.7 Å². The summed E-state index contributed by atoms with van der Waals surface area (Å²) in [5, 5.41) is 1.00. The van der Waals surface area contributed by atoms with E-state index < -0.39 is 0 Å². The van der Waals surface area contributed by atoms with E-state index in [9.17, 15) is 4.79 Å². The van der Waals surface area contributed by atoms with Gasteiger partial charge in [0.05, 0.1) is 0 Å². The molecule has 0 radical (unpaired) electrons. The van der Waals surface area contributed by atoms with Crippen LogP contribution in [0.15, 0.2) is 30.3 Å². The van der Waals surface area contributed by atoms with E-state index in [-0.39, 0.29) is 12.1 Å². The fraction of sp³-hybridized carbons (Fsp3) is 0.462. The molecule has 1 heterocycles. The molecule has 0 N–H and O–H groups in total. The molecule has 0 unspecified atom stereocenters. The van der Waals surface area contributed by atoms with Crippen LogP contribution in [0, 0.1) is 5.92 Å². The van der Waals surface area contributed by atoms with Crippen LogP contribution in [0.4, 0.5) is 0 Å². The molecule has 2 nitrogen and oxygen atoms in total. The minimum atomic E-state index is -0.0213. The van der Waals surface area contributed by atoms with Crippen molar-refractivity contribution in [2.45, 2.75) is 31.2 Å². The van der Waals surface area contributed by atoms with Crippen molar-refractivity contribution in [3.63, 3.8) is 0 Å². The topological polar surface area (TPSA) is 26.3 Å². The second-order valence-corrected chi connectivity index (χ2v) is 6.46. The van der Waals surface area contributed by atoms with Gasteiger partial charge in [-0.2, -0.15) is 0 Å². The van der Waals surface area contributed by atoms with Gasteiger partial charge < -0.3 is 0 Å². The van der Waals surface area contributed by atoms with Crippen LogP contribution in [0.5, 0.6) is 0 Å². The Labute approximate surface area is 103 Å². The molecule has 1 aromatic rings. The minimum absolute atomic E-state index is 0.0213. The molecule has 1 aliphatic heterocycles. The zero-order chi connectivity index (χ0) is 11.4. The summed E-state index contributed by atoms with van der Waals surface area (Å²) < 4.78 is 6.78. The van der Waals surface area contributed by atoms with Gasteiger partial charge in [0.2, 0.25) is 0 Å². The number of hydrogen-bond donors (Lipinski definition) is 0. The van der Waals surface area contributed by atoms with Crippen molar-refractivity contribution in [3.05, 3.63) is 30.3 Å². The van der Waals surface area contributed by atoms with E-state index >= 15 is 0 Å². The summed E-state index contributed by atoms with van der Waals surface area (Å²) in [6.07, 6.45) is 1.71. The Kier molecular flexibility index (Phi) is 4.03. The molecule has 1 fully saturated rings. The molecule has 86 valence electrons. The number of rotatable bonds is 3. The van der Waals surface area contributed by atoms with Gasteiger partial charge in [-0.25, -0.2) is 0 Å². The van der Waals surface area contributed by atoms with Gasteiger partial charge in [0.25, 0.3) is 0 Å². The average Bonchev–Trinajstić information content (AvgIpc) is 2.32. The maximum atomic E-state index is 11.2. The number of carbonyl (C=O) groups excluding carboxylic acids is 1. The average molecular weight is 283 g/mol. The van der Waals surface area contributed by atoms with Gasteiger partial charge >= 0.3 is 102 Å². The van der Waals surface area contributed by atoms with Gasteiger partial charge in [-0.3, -0.25) is 0 Å². The Hall–Kier alpha value is -0.791. The van der Waals surface area contributed by atoms with Crippen molar-refractivity contribution in [2.24, 2.45) is 5.92 Å². The molecule has 0 amide bonds. The molecule has 1 aliphatic rings. The van der Waals surface area contributed by atoms with Gasteiger partial charge in [-0.05, 0) is 0 Å². The molecular formula is C13H16O2Se. The zero-order valence-corrected chi connectivity index (χ0v) is 11.1. The third-order valence-electron chi connectivity index (χ3n) is 2.88. The third kappa shape index (κ3) is 3.10. The number of esters is 1. The van der Waals surface area contributed by atoms with Gasteiger partial charge in [0, 0.05) is 0 Å². The maximum absolute atomic E-state index is 11.2. The summed E-state index contributed by atoms with van der Waals surface area (Å²) >= 11 is 0.414. The Morgan fingerprint density at radius 2 is 2.12 bits per heavy atom. The molecule has 2 rings (SSSR count). The van der Waals surface area contributed by atoms with Crippen LogP contribution in [0.3, 0.4) is 0 Å². The van der Waals surface area contributed by atoms with Crippen LogP contribution < -0.4 is 4.46 Å². The van der Waals surface area contributed by atoms with Crippen molar-refractivity contribution in [1.29, 1.82) is 0 Å². The Morgan fingerprint density at radius 3 is 2.88 bits per heavy atom. The zero-order valence-electron chi connectivity index (χ0n) is 9.39. The first-order valence-electron chi connectivity index (χ1n) is 5.63. The van der Waals surface area contributed by atoms with Crippen molar-refractivity contribution < 1.29 is 9.53 Å². The summed E-state index contributed by atoms with van der Waals surface area (Å²) in [6.45, 7) is 2.18. The van der Waals surface area contributed by atoms with Crippen molar-refractivity contribution in [2.75, 3.05) is 0 Å². The molecular weight excluding hydrogens is 267 g/mol. The summed E-state index contributed by atoms with van der Waals surface area (Å²) in [7, 11) is 0. The van der Waals surface area contributed by atoms with E-state index in [1.54, 1.807) is 0 Å². The standard InChI is InChI=1S/C13H16O2Se/c1-10-7-8-13(14)15-12(10)9-16-11-5-3-2-4-6-11/h2-6,10,12H,7-9H2,1H3/t10-,12+/m0/s1. The molecule has 1 aromatic carbocycles. The van der Waals surface area contributed by atoms with Crippen molar-refractivity contribution in [3.8, 4) is 0 Å². The number of benzene rings is 1.